The molecule has 0 saturated heterocycles. The molecule has 0 aromatic carbocycles. The van der Waals surface area contributed by atoms with Crippen molar-refractivity contribution >= 4 is 20.4 Å². The van der Waals surface area contributed by atoms with Gasteiger partial charge in [0.25, 0.3) is 0 Å². The minimum atomic E-state index is 1.00. The van der Waals surface area contributed by atoms with Crippen molar-refractivity contribution in [1.82, 2.24) is 14.3 Å². The molecule has 0 aliphatic heterocycles. The van der Waals surface area contributed by atoms with Crippen LogP contribution in [0.4, 0.5) is 0 Å². The fourth-order valence-electron chi connectivity index (χ4n) is 3.12. The molecule has 4 heteroatoms. The van der Waals surface area contributed by atoms with Crippen molar-refractivity contribution in [3.8, 4) is 0 Å². The normalized spacial score (nSPS) is 11.4. The third kappa shape index (κ3) is 6.22. The molecule has 0 bridgehead atoms. The Kier molecular flexibility index (Phi) is 8.60. The van der Waals surface area contributed by atoms with Gasteiger partial charge in [-0.2, -0.15) is 0 Å². The Hall–Kier alpha value is -0.950. The average Bonchev–Trinajstić information content (AvgIpc) is 2.89. The Morgan fingerprint density at radius 1 is 0.913 bits per heavy atom. The van der Waals surface area contributed by atoms with E-state index in [2.05, 4.69) is 30.6 Å². The van der Waals surface area contributed by atoms with Crippen LogP contribution in [0.3, 0.4) is 0 Å². The molecule has 1 unspecified atom stereocenters. The van der Waals surface area contributed by atoms with Gasteiger partial charge in [0.15, 0.2) is 0 Å². The van der Waals surface area contributed by atoms with Crippen molar-refractivity contribution in [2.75, 3.05) is 0 Å². The Bertz CT molecular complexity index is 565. The molecule has 1 atom stereocenters. The van der Waals surface area contributed by atoms with Crippen LogP contribution >= 0.6 is 9.39 Å². The van der Waals surface area contributed by atoms with Crippen molar-refractivity contribution in [3.63, 3.8) is 0 Å². The molecule has 2 heterocycles. The second-order valence-electron chi connectivity index (χ2n) is 6.55. The van der Waals surface area contributed by atoms with Gasteiger partial charge in [0, 0.05) is 12.6 Å². The van der Waals surface area contributed by atoms with E-state index in [-0.39, 0.29) is 0 Å². The zero-order valence-electron chi connectivity index (χ0n) is 14.6. The standard InChI is InChI=1S/C19H32N3P/c1-2-3-4-5-6-7-8-9-10-11-12-13-19-21-17-16-20-15-14-18(17)22(19)23/h14-16H,2-13,23H2,1H3. The van der Waals surface area contributed by atoms with E-state index in [1.54, 1.807) is 0 Å². The average molecular weight is 333 g/mol. The van der Waals surface area contributed by atoms with Crippen LogP contribution in [0.1, 0.15) is 83.4 Å². The molecule has 0 aliphatic rings. The van der Waals surface area contributed by atoms with Crippen LogP contribution in [0, 0.1) is 0 Å². The van der Waals surface area contributed by atoms with Gasteiger partial charge in [0.1, 0.15) is 11.3 Å². The molecule has 0 fully saturated rings. The summed E-state index contributed by atoms with van der Waals surface area (Å²) in [5.41, 5.74) is 2.16. The van der Waals surface area contributed by atoms with Gasteiger partial charge < -0.3 is 4.34 Å². The van der Waals surface area contributed by atoms with Crippen molar-refractivity contribution in [2.24, 2.45) is 0 Å². The van der Waals surface area contributed by atoms with Crippen LogP contribution in [-0.4, -0.2) is 14.3 Å². The van der Waals surface area contributed by atoms with Gasteiger partial charge in [0.05, 0.1) is 11.7 Å². The van der Waals surface area contributed by atoms with Gasteiger partial charge in [-0.05, 0) is 21.9 Å². The number of aryl methyl sites for hydroxylation is 1. The van der Waals surface area contributed by atoms with E-state index in [1.165, 1.54) is 70.6 Å². The van der Waals surface area contributed by atoms with E-state index in [4.69, 9.17) is 0 Å². The highest BCUT2D eigenvalue weighted by atomic mass is 31.0. The lowest BCUT2D eigenvalue weighted by Gasteiger charge is -2.03. The van der Waals surface area contributed by atoms with Crippen LogP contribution in [0.5, 0.6) is 0 Å². The van der Waals surface area contributed by atoms with Gasteiger partial charge in [0.2, 0.25) is 0 Å². The minimum absolute atomic E-state index is 1.00. The molecule has 0 spiro atoms. The largest absolute Gasteiger partial charge is 0.312 e. The molecule has 3 nitrogen and oxygen atoms in total. The zero-order valence-corrected chi connectivity index (χ0v) is 15.8. The lowest BCUT2D eigenvalue weighted by atomic mass is 10.1. The van der Waals surface area contributed by atoms with Crippen LogP contribution in [0.25, 0.3) is 11.0 Å². The first-order valence-corrected chi connectivity index (χ1v) is 9.91. The van der Waals surface area contributed by atoms with Gasteiger partial charge in [-0.25, -0.2) is 4.98 Å². The summed E-state index contributed by atoms with van der Waals surface area (Å²) in [5, 5.41) is 0. The van der Waals surface area contributed by atoms with Crippen LogP contribution in [-0.2, 0) is 6.42 Å². The Morgan fingerprint density at radius 3 is 2.13 bits per heavy atom. The molecular formula is C19H32N3P. The Labute approximate surface area is 143 Å². The summed E-state index contributed by atoms with van der Waals surface area (Å²) >= 11 is 0. The summed E-state index contributed by atoms with van der Waals surface area (Å²) in [6.45, 7) is 2.28. The number of nitrogens with zero attached hydrogens (tertiary/aromatic N) is 3. The topological polar surface area (TPSA) is 30.7 Å². The number of hydrogen-bond acceptors (Lipinski definition) is 2. The SMILES string of the molecule is CCCCCCCCCCCCCc1nc2cnccc2n1P. The van der Waals surface area contributed by atoms with E-state index in [0.717, 1.165) is 23.3 Å². The Morgan fingerprint density at radius 2 is 1.52 bits per heavy atom. The minimum Gasteiger partial charge on any atom is -0.312 e. The fourth-order valence-corrected chi connectivity index (χ4v) is 3.53. The maximum Gasteiger partial charge on any atom is 0.112 e. The highest BCUT2D eigenvalue weighted by Crippen LogP contribution is 2.19. The molecule has 0 radical (unpaired) electrons. The van der Waals surface area contributed by atoms with Crippen LogP contribution < -0.4 is 0 Å². The predicted molar refractivity (Wildman–Crippen MR) is 103 cm³/mol. The number of imidazole rings is 1. The quantitative estimate of drug-likeness (QED) is 0.356. The van der Waals surface area contributed by atoms with Gasteiger partial charge in [-0.15, -0.1) is 0 Å². The summed E-state index contributed by atoms with van der Waals surface area (Å²) in [6.07, 6.45) is 20.0. The second kappa shape index (κ2) is 10.8. The van der Waals surface area contributed by atoms with Gasteiger partial charge in [-0.3, -0.25) is 4.98 Å². The number of aromatic nitrogens is 3. The highest BCUT2D eigenvalue weighted by molar-refractivity contribution is 7.15. The first kappa shape index (κ1) is 18.4. The molecule has 23 heavy (non-hydrogen) atoms. The smallest absolute Gasteiger partial charge is 0.112 e. The van der Waals surface area contributed by atoms with E-state index < -0.39 is 0 Å². The van der Waals surface area contributed by atoms with Crippen LogP contribution in [0.15, 0.2) is 18.5 Å². The molecule has 2 aromatic rings. The maximum atomic E-state index is 4.67. The van der Waals surface area contributed by atoms with Crippen LogP contribution in [0.2, 0.25) is 0 Å². The fraction of sp³-hybridized carbons (Fsp3) is 0.684. The summed E-state index contributed by atoms with van der Waals surface area (Å²) in [7, 11) is 2.78. The third-order valence-corrected chi connectivity index (χ3v) is 5.14. The highest BCUT2D eigenvalue weighted by Gasteiger charge is 2.06. The van der Waals surface area contributed by atoms with E-state index in [0.29, 0.717) is 0 Å². The Balaban J connectivity index is 1.53. The van der Waals surface area contributed by atoms with Gasteiger partial charge >= 0.3 is 0 Å². The summed E-state index contributed by atoms with van der Waals surface area (Å²) in [6, 6.07) is 2.03. The predicted octanol–water partition coefficient (Wildman–Crippen LogP) is 5.92. The first-order chi connectivity index (χ1) is 11.3. The summed E-state index contributed by atoms with van der Waals surface area (Å²) in [5.74, 6) is 1.16. The molecule has 2 rings (SSSR count). The zero-order chi connectivity index (χ0) is 16.3. The molecular weight excluding hydrogens is 301 g/mol. The third-order valence-electron chi connectivity index (χ3n) is 4.57. The van der Waals surface area contributed by atoms with E-state index >= 15 is 0 Å². The van der Waals surface area contributed by atoms with Crippen molar-refractivity contribution in [2.45, 2.75) is 84.0 Å². The summed E-state index contributed by atoms with van der Waals surface area (Å²) in [4.78, 5) is 8.82. The second-order valence-corrected chi connectivity index (χ2v) is 7.06. The van der Waals surface area contributed by atoms with Gasteiger partial charge in [-0.1, -0.05) is 71.1 Å². The number of hydrogen-bond donors (Lipinski definition) is 0. The molecule has 0 saturated carbocycles. The number of fused-ring (bicyclic) bond motifs is 1. The lowest BCUT2D eigenvalue weighted by molar-refractivity contribution is 0.548. The molecule has 0 aliphatic carbocycles. The number of unbranched alkanes of at least 4 members (excludes halogenated alkanes) is 10. The van der Waals surface area contributed by atoms with E-state index in [9.17, 15) is 0 Å². The molecule has 0 N–H and O–H groups in total. The van der Waals surface area contributed by atoms with E-state index in [1.807, 2.05) is 18.5 Å². The number of rotatable bonds is 12. The van der Waals surface area contributed by atoms with Crippen molar-refractivity contribution in [1.29, 1.82) is 0 Å². The first-order valence-electron chi connectivity index (χ1n) is 9.39. The molecule has 0 amide bonds. The van der Waals surface area contributed by atoms with Crippen molar-refractivity contribution < 1.29 is 0 Å². The molecule has 2 aromatic heterocycles. The van der Waals surface area contributed by atoms with Crippen molar-refractivity contribution in [3.05, 3.63) is 24.3 Å². The lowest BCUT2D eigenvalue weighted by Crippen LogP contribution is -1.93. The summed E-state index contributed by atoms with van der Waals surface area (Å²) < 4.78 is 2.13. The monoisotopic (exact) mass is 333 g/mol. The molecule has 128 valence electrons. The number of pyridine rings is 1. The maximum absolute atomic E-state index is 4.67.